The predicted molar refractivity (Wildman–Crippen MR) is 140 cm³/mol. The van der Waals surface area contributed by atoms with Crippen LogP contribution in [0.4, 0.5) is 9.18 Å². The molecule has 1 heterocycles. The van der Waals surface area contributed by atoms with Crippen molar-refractivity contribution in [2.45, 2.75) is 80.8 Å². The van der Waals surface area contributed by atoms with Crippen LogP contribution in [0.3, 0.4) is 0 Å². The number of hydrogen-bond acceptors (Lipinski definition) is 6. The van der Waals surface area contributed by atoms with Crippen LogP contribution < -0.4 is 10.0 Å². The lowest BCUT2D eigenvalue weighted by molar-refractivity contribution is -0.132. The Hall–Kier alpha value is -2.71. The van der Waals surface area contributed by atoms with Gasteiger partial charge in [-0.2, -0.15) is 5.26 Å². The van der Waals surface area contributed by atoms with E-state index in [1.807, 2.05) is 13.8 Å². The van der Waals surface area contributed by atoms with Crippen LogP contribution in [-0.4, -0.2) is 66.9 Å². The molecule has 4 saturated carbocycles. The molecule has 5 aliphatic rings. The highest BCUT2D eigenvalue weighted by molar-refractivity contribution is 7.90. The van der Waals surface area contributed by atoms with E-state index < -0.39 is 27.9 Å². The minimum Gasteiger partial charge on any atom is -0.326 e. The summed E-state index contributed by atoms with van der Waals surface area (Å²) >= 11 is 0. The van der Waals surface area contributed by atoms with E-state index in [9.17, 15) is 27.7 Å². The maximum Gasteiger partial charge on any atom is 0.331 e. The average Bonchev–Trinajstić information content (AvgIpc) is 3.36. The largest absolute Gasteiger partial charge is 0.331 e. The number of hydrogen-bond donors (Lipinski definition) is 2. The summed E-state index contributed by atoms with van der Waals surface area (Å²) in [5, 5.41) is 13.1. The number of likely N-dealkylation sites (N-methyl/N-ethyl adjacent to an activating group) is 1. The van der Waals surface area contributed by atoms with Crippen LogP contribution in [0.15, 0.2) is 29.2 Å². The van der Waals surface area contributed by atoms with E-state index in [1.165, 1.54) is 0 Å². The SMILES string of the molecule is CCC(C#N)N(CC)C(=O)CNC12CC3CC4(C1)C(CC1CN(C(=O)NS(=O)(=O)c5ccc(F)cc5)C14C3)C2. The van der Waals surface area contributed by atoms with Gasteiger partial charge in [-0.05, 0) is 93.4 Å². The minimum absolute atomic E-state index is 0.0593. The fourth-order valence-corrected chi connectivity index (χ4v) is 10.6. The van der Waals surface area contributed by atoms with Crippen LogP contribution in [-0.2, 0) is 14.8 Å². The summed E-state index contributed by atoms with van der Waals surface area (Å²) in [5.41, 5.74) is -0.601. The van der Waals surface area contributed by atoms with Crippen LogP contribution in [0.5, 0.6) is 0 Å². The lowest BCUT2D eigenvalue weighted by Gasteiger charge is -2.60. The van der Waals surface area contributed by atoms with Crippen LogP contribution in [0.2, 0.25) is 0 Å². The van der Waals surface area contributed by atoms with Gasteiger partial charge in [0.05, 0.1) is 23.0 Å². The van der Waals surface area contributed by atoms with Crippen molar-refractivity contribution in [1.82, 2.24) is 19.8 Å². The number of nitrogens with one attached hydrogen (secondary N) is 2. The fourth-order valence-electron chi connectivity index (χ4n) is 9.64. The number of halogens is 1. The van der Waals surface area contributed by atoms with Gasteiger partial charge in [-0.1, -0.05) is 6.92 Å². The van der Waals surface area contributed by atoms with Crippen molar-refractivity contribution in [2.24, 2.45) is 23.2 Å². The second-order valence-corrected chi connectivity index (χ2v) is 14.1. The third-order valence-corrected chi connectivity index (χ3v) is 12.1. The number of fused-ring (bicyclic) bond motifs is 2. The molecule has 4 aliphatic carbocycles. The quantitative estimate of drug-likeness (QED) is 0.507. The van der Waals surface area contributed by atoms with Crippen molar-refractivity contribution in [2.75, 3.05) is 19.6 Å². The first-order chi connectivity index (χ1) is 18.5. The summed E-state index contributed by atoms with van der Waals surface area (Å²) < 4.78 is 41.4. The van der Waals surface area contributed by atoms with Gasteiger partial charge in [-0.3, -0.25) is 4.79 Å². The van der Waals surface area contributed by atoms with Crippen molar-refractivity contribution in [3.63, 3.8) is 0 Å². The third-order valence-electron chi connectivity index (χ3n) is 10.8. The summed E-state index contributed by atoms with van der Waals surface area (Å²) in [5.74, 6) is 0.589. The lowest BCUT2D eigenvalue weighted by atomic mass is 9.62. The first kappa shape index (κ1) is 26.5. The molecular weight excluding hydrogens is 521 g/mol. The Kier molecular flexibility index (Phi) is 6.05. The summed E-state index contributed by atoms with van der Waals surface area (Å²) in [6.45, 7) is 5.04. The van der Waals surface area contributed by atoms with E-state index in [0.29, 0.717) is 37.3 Å². The molecule has 2 spiro atoms. The van der Waals surface area contributed by atoms with Crippen LogP contribution in [0.1, 0.15) is 58.8 Å². The molecule has 7 atom stereocenters. The molecule has 1 aromatic carbocycles. The van der Waals surface area contributed by atoms with Crippen LogP contribution >= 0.6 is 0 Å². The number of urea groups is 1. The predicted octanol–water partition coefficient (Wildman–Crippen LogP) is 2.99. The smallest absolute Gasteiger partial charge is 0.326 e. The molecular formula is C28H36FN5O4S. The molecule has 3 amide bonds. The Balaban J connectivity index is 1.19. The first-order valence-electron chi connectivity index (χ1n) is 14.1. The zero-order valence-corrected chi connectivity index (χ0v) is 23.3. The van der Waals surface area contributed by atoms with Crippen molar-refractivity contribution in [3.8, 4) is 6.07 Å². The number of sulfonamides is 1. The third kappa shape index (κ3) is 3.67. The molecule has 210 valence electrons. The normalized spacial score (nSPS) is 36.1. The molecule has 5 fully saturated rings. The number of amides is 3. The number of likely N-dealkylation sites (tertiary alicyclic amines) is 1. The number of rotatable bonds is 8. The summed E-state index contributed by atoms with van der Waals surface area (Å²) in [7, 11) is -4.12. The van der Waals surface area contributed by atoms with Crippen LogP contribution in [0.25, 0.3) is 0 Å². The van der Waals surface area contributed by atoms with Gasteiger partial charge >= 0.3 is 6.03 Å². The van der Waals surface area contributed by atoms with Gasteiger partial charge in [-0.25, -0.2) is 22.3 Å². The second kappa shape index (κ2) is 8.90. The average molecular weight is 558 g/mol. The van der Waals surface area contributed by atoms with Gasteiger partial charge in [0.25, 0.3) is 10.0 Å². The van der Waals surface area contributed by atoms with Gasteiger partial charge in [0.15, 0.2) is 0 Å². The summed E-state index contributed by atoms with van der Waals surface area (Å²) in [6.07, 6.45) is 6.29. The zero-order valence-electron chi connectivity index (χ0n) is 22.5. The van der Waals surface area contributed by atoms with Gasteiger partial charge < -0.3 is 15.1 Å². The van der Waals surface area contributed by atoms with Gasteiger partial charge in [0.2, 0.25) is 5.91 Å². The molecule has 0 radical (unpaired) electrons. The van der Waals surface area contributed by atoms with E-state index in [0.717, 1.165) is 62.8 Å². The highest BCUT2D eigenvalue weighted by Gasteiger charge is 2.81. The Morgan fingerprint density at radius 3 is 2.59 bits per heavy atom. The lowest BCUT2D eigenvalue weighted by Crippen LogP contribution is -2.72. The van der Waals surface area contributed by atoms with E-state index in [2.05, 4.69) is 16.1 Å². The zero-order chi connectivity index (χ0) is 27.8. The molecule has 1 saturated heterocycles. The first-order valence-corrected chi connectivity index (χ1v) is 15.6. The summed E-state index contributed by atoms with van der Waals surface area (Å²) in [4.78, 5) is 29.8. The summed E-state index contributed by atoms with van der Waals surface area (Å²) in [6, 6.07) is 5.66. The molecule has 11 heteroatoms. The van der Waals surface area contributed by atoms with Gasteiger partial charge in [0, 0.05) is 24.5 Å². The Labute approximate surface area is 229 Å². The Morgan fingerprint density at radius 1 is 1.18 bits per heavy atom. The van der Waals surface area contributed by atoms with Crippen molar-refractivity contribution in [1.29, 1.82) is 5.26 Å². The fraction of sp³-hybridized carbons (Fsp3) is 0.679. The number of carbonyl (C=O) groups is 2. The molecule has 9 nitrogen and oxygen atoms in total. The second-order valence-electron chi connectivity index (χ2n) is 12.4. The molecule has 3 bridgehead atoms. The Bertz CT molecular complexity index is 1350. The molecule has 1 aromatic rings. The number of nitriles is 1. The van der Waals surface area contributed by atoms with Gasteiger partial charge in [-0.15, -0.1) is 0 Å². The van der Waals surface area contributed by atoms with Gasteiger partial charge in [0.1, 0.15) is 11.9 Å². The number of benzene rings is 1. The standard InChI is InChI=1S/C28H36FN5O4S/c1-3-22(14-30)33(4-2)24(35)15-31-26-10-18-11-27(17-26)19(13-26)9-20-16-34(28(20,27)12-18)25(36)32-39(37,38)23-7-5-21(29)6-8-23/h5-8,18-20,22,31H,3-4,9-13,15-17H2,1-2H3,(H,32,36). The molecule has 6 rings (SSSR count). The molecule has 2 N–H and O–H groups in total. The van der Waals surface area contributed by atoms with Crippen LogP contribution in [0, 0.1) is 40.3 Å². The topological polar surface area (TPSA) is 123 Å². The van der Waals surface area contributed by atoms with Crippen molar-refractivity contribution >= 4 is 22.0 Å². The molecule has 7 unspecified atom stereocenters. The van der Waals surface area contributed by atoms with E-state index in [4.69, 9.17) is 0 Å². The monoisotopic (exact) mass is 557 g/mol. The van der Waals surface area contributed by atoms with Crippen molar-refractivity contribution < 1.29 is 22.4 Å². The van der Waals surface area contributed by atoms with E-state index >= 15 is 0 Å². The van der Waals surface area contributed by atoms with E-state index in [-0.39, 0.29) is 33.8 Å². The molecule has 1 aliphatic heterocycles. The number of nitrogens with zero attached hydrogens (tertiary/aromatic N) is 3. The highest BCUT2D eigenvalue weighted by atomic mass is 32.2. The maximum absolute atomic E-state index is 13.5. The highest BCUT2D eigenvalue weighted by Crippen LogP contribution is 2.80. The molecule has 0 aromatic heterocycles. The minimum atomic E-state index is -4.12. The van der Waals surface area contributed by atoms with Crippen molar-refractivity contribution in [3.05, 3.63) is 30.1 Å². The van der Waals surface area contributed by atoms with E-state index in [1.54, 1.807) is 9.80 Å². The maximum atomic E-state index is 13.5. The molecule has 39 heavy (non-hydrogen) atoms. The Morgan fingerprint density at radius 2 is 1.92 bits per heavy atom. The number of carbonyl (C=O) groups excluding carboxylic acids is 2.